The van der Waals surface area contributed by atoms with Gasteiger partial charge in [0, 0.05) is 37.3 Å². The van der Waals surface area contributed by atoms with Gasteiger partial charge in [-0.2, -0.15) is 0 Å². The minimum atomic E-state index is -0.237. The number of piperazine rings is 1. The van der Waals surface area contributed by atoms with E-state index < -0.39 is 0 Å². The molecule has 6 heteroatoms. The fourth-order valence-electron chi connectivity index (χ4n) is 3.50. The number of amides is 1. The predicted molar refractivity (Wildman–Crippen MR) is 105 cm³/mol. The molecule has 0 saturated carbocycles. The van der Waals surface area contributed by atoms with Gasteiger partial charge in [-0.25, -0.2) is 4.39 Å². The summed E-state index contributed by atoms with van der Waals surface area (Å²) in [5, 5.41) is 0. The molecule has 1 fully saturated rings. The van der Waals surface area contributed by atoms with E-state index in [0.717, 1.165) is 24.9 Å². The maximum absolute atomic E-state index is 13.1. The fraction of sp³-hybridized carbons (Fsp3) is 0.364. The molecule has 0 aromatic heterocycles. The number of carbonyl (C=O) groups excluding carboxylic acids is 2. The summed E-state index contributed by atoms with van der Waals surface area (Å²) in [6, 6.07) is 13.5. The lowest BCUT2D eigenvalue weighted by Gasteiger charge is -2.44. The maximum atomic E-state index is 13.1. The van der Waals surface area contributed by atoms with Crippen LogP contribution in [-0.4, -0.2) is 53.8 Å². The molecule has 5 nitrogen and oxygen atoms in total. The van der Waals surface area contributed by atoms with Crippen LogP contribution in [-0.2, 0) is 11.3 Å². The molecule has 0 N–H and O–H groups in total. The summed E-state index contributed by atoms with van der Waals surface area (Å²) in [6.07, 6.45) is 0.749. The van der Waals surface area contributed by atoms with Gasteiger partial charge in [-0.3, -0.25) is 14.5 Å². The summed E-state index contributed by atoms with van der Waals surface area (Å²) >= 11 is 0. The number of benzene rings is 2. The standard InChI is InChI=1S/C22H25FN2O3/c1-16-12-25(22(27)15-28-21-5-3-4-19(10-21)14-26)17(2)11-24(16)13-18-6-8-20(23)9-7-18/h3-10,14,16-17H,11-13,15H2,1-2H3/t16-,17+/m0/s1. The van der Waals surface area contributed by atoms with Crippen LogP contribution in [0.2, 0.25) is 0 Å². The van der Waals surface area contributed by atoms with Crippen molar-refractivity contribution in [1.29, 1.82) is 0 Å². The Hall–Kier alpha value is -2.73. The van der Waals surface area contributed by atoms with Gasteiger partial charge >= 0.3 is 0 Å². The van der Waals surface area contributed by atoms with Crippen LogP contribution in [0.25, 0.3) is 0 Å². The summed E-state index contributed by atoms with van der Waals surface area (Å²) < 4.78 is 18.7. The molecule has 0 spiro atoms. The van der Waals surface area contributed by atoms with E-state index >= 15 is 0 Å². The van der Waals surface area contributed by atoms with Gasteiger partial charge in [0.15, 0.2) is 6.61 Å². The molecule has 1 saturated heterocycles. The Morgan fingerprint density at radius 1 is 1.14 bits per heavy atom. The number of hydrogen-bond acceptors (Lipinski definition) is 4. The third-order valence-corrected chi connectivity index (χ3v) is 5.09. The van der Waals surface area contributed by atoms with E-state index in [4.69, 9.17) is 4.74 Å². The largest absolute Gasteiger partial charge is 0.484 e. The van der Waals surface area contributed by atoms with Gasteiger partial charge in [-0.1, -0.05) is 24.3 Å². The highest BCUT2D eigenvalue weighted by atomic mass is 19.1. The molecule has 3 rings (SSSR count). The molecule has 1 heterocycles. The predicted octanol–water partition coefficient (Wildman–Crippen LogP) is 3.14. The summed E-state index contributed by atoms with van der Waals surface area (Å²) in [4.78, 5) is 27.6. The quantitative estimate of drug-likeness (QED) is 0.718. The zero-order chi connectivity index (χ0) is 20.1. The van der Waals surface area contributed by atoms with Crippen molar-refractivity contribution in [2.24, 2.45) is 0 Å². The third kappa shape index (κ3) is 4.95. The number of carbonyl (C=O) groups is 2. The Balaban J connectivity index is 1.56. The van der Waals surface area contributed by atoms with E-state index in [0.29, 0.717) is 17.9 Å². The van der Waals surface area contributed by atoms with Gasteiger partial charge in [-0.05, 0) is 43.7 Å². The zero-order valence-corrected chi connectivity index (χ0v) is 16.2. The number of halogens is 1. The molecule has 1 amide bonds. The fourth-order valence-corrected chi connectivity index (χ4v) is 3.50. The van der Waals surface area contributed by atoms with E-state index in [1.54, 1.807) is 36.4 Å². The lowest BCUT2D eigenvalue weighted by Crippen LogP contribution is -2.58. The van der Waals surface area contributed by atoms with Crippen LogP contribution in [0.3, 0.4) is 0 Å². The first-order chi connectivity index (χ1) is 13.5. The van der Waals surface area contributed by atoms with E-state index in [9.17, 15) is 14.0 Å². The first kappa shape index (κ1) is 20.0. The second-order valence-corrected chi connectivity index (χ2v) is 7.28. The molecular weight excluding hydrogens is 359 g/mol. The highest BCUT2D eigenvalue weighted by molar-refractivity contribution is 5.78. The molecule has 148 valence electrons. The van der Waals surface area contributed by atoms with Crippen molar-refractivity contribution in [1.82, 2.24) is 9.80 Å². The molecule has 0 unspecified atom stereocenters. The van der Waals surface area contributed by atoms with Gasteiger partial charge in [-0.15, -0.1) is 0 Å². The highest BCUT2D eigenvalue weighted by Crippen LogP contribution is 2.19. The Labute approximate surface area is 164 Å². The molecule has 0 bridgehead atoms. The van der Waals surface area contributed by atoms with Crippen molar-refractivity contribution in [3.05, 3.63) is 65.5 Å². The van der Waals surface area contributed by atoms with Crippen LogP contribution in [0.1, 0.15) is 29.8 Å². The second kappa shape index (κ2) is 8.97. The molecule has 0 radical (unpaired) electrons. The van der Waals surface area contributed by atoms with Crippen molar-refractivity contribution in [3.8, 4) is 5.75 Å². The van der Waals surface area contributed by atoms with Crippen molar-refractivity contribution >= 4 is 12.2 Å². The number of hydrogen-bond donors (Lipinski definition) is 0. The summed E-state index contributed by atoms with van der Waals surface area (Å²) in [5.41, 5.74) is 1.57. The monoisotopic (exact) mass is 384 g/mol. The maximum Gasteiger partial charge on any atom is 0.260 e. The van der Waals surface area contributed by atoms with E-state index in [2.05, 4.69) is 11.8 Å². The average Bonchev–Trinajstić information content (AvgIpc) is 2.70. The van der Waals surface area contributed by atoms with Gasteiger partial charge in [0.1, 0.15) is 17.9 Å². The third-order valence-electron chi connectivity index (χ3n) is 5.09. The molecular formula is C22H25FN2O3. The van der Waals surface area contributed by atoms with E-state index in [1.807, 2.05) is 11.8 Å². The van der Waals surface area contributed by atoms with Crippen molar-refractivity contribution in [2.75, 3.05) is 19.7 Å². The Morgan fingerprint density at radius 3 is 2.61 bits per heavy atom. The van der Waals surface area contributed by atoms with Crippen LogP contribution in [0.15, 0.2) is 48.5 Å². The smallest absolute Gasteiger partial charge is 0.260 e. The Kier molecular flexibility index (Phi) is 6.41. The molecule has 1 aliphatic heterocycles. The number of ether oxygens (including phenoxy) is 1. The SMILES string of the molecule is C[C@@H]1CN(Cc2ccc(F)cc2)[C@@H](C)CN1C(=O)COc1cccc(C=O)c1. The van der Waals surface area contributed by atoms with Crippen LogP contribution in [0.4, 0.5) is 4.39 Å². The minimum absolute atomic E-state index is 0.0501. The van der Waals surface area contributed by atoms with Crippen LogP contribution < -0.4 is 4.74 Å². The van der Waals surface area contributed by atoms with Crippen LogP contribution in [0.5, 0.6) is 5.75 Å². The van der Waals surface area contributed by atoms with Crippen molar-refractivity contribution < 1.29 is 18.7 Å². The first-order valence-electron chi connectivity index (χ1n) is 9.42. The molecule has 2 atom stereocenters. The molecule has 2 aromatic rings. The van der Waals surface area contributed by atoms with Gasteiger partial charge in [0.2, 0.25) is 0 Å². The Morgan fingerprint density at radius 2 is 1.89 bits per heavy atom. The van der Waals surface area contributed by atoms with E-state index in [1.165, 1.54) is 12.1 Å². The summed E-state index contributed by atoms with van der Waals surface area (Å²) in [6.45, 7) is 6.13. The number of nitrogens with zero attached hydrogens (tertiary/aromatic N) is 2. The van der Waals surface area contributed by atoms with Gasteiger partial charge in [0.25, 0.3) is 5.91 Å². The van der Waals surface area contributed by atoms with Crippen molar-refractivity contribution in [2.45, 2.75) is 32.5 Å². The molecule has 0 aliphatic carbocycles. The van der Waals surface area contributed by atoms with E-state index in [-0.39, 0.29) is 30.4 Å². The first-order valence-corrected chi connectivity index (χ1v) is 9.42. The van der Waals surface area contributed by atoms with Crippen LogP contribution in [0, 0.1) is 5.82 Å². The minimum Gasteiger partial charge on any atom is -0.484 e. The number of aldehydes is 1. The number of rotatable bonds is 6. The average molecular weight is 384 g/mol. The van der Waals surface area contributed by atoms with Gasteiger partial charge in [0.05, 0.1) is 0 Å². The Bertz CT molecular complexity index is 825. The topological polar surface area (TPSA) is 49.9 Å². The summed E-state index contributed by atoms with van der Waals surface area (Å²) in [5.74, 6) is 0.199. The molecule has 1 aliphatic rings. The lowest BCUT2D eigenvalue weighted by atomic mass is 10.1. The summed E-state index contributed by atoms with van der Waals surface area (Å²) in [7, 11) is 0. The molecule has 2 aromatic carbocycles. The zero-order valence-electron chi connectivity index (χ0n) is 16.2. The highest BCUT2D eigenvalue weighted by Gasteiger charge is 2.32. The lowest BCUT2D eigenvalue weighted by molar-refractivity contribution is -0.139. The van der Waals surface area contributed by atoms with Crippen molar-refractivity contribution in [3.63, 3.8) is 0 Å². The van der Waals surface area contributed by atoms with Crippen LogP contribution >= 0.6 is 0 Å². The van der Waals surface area contributed by atoms with Gasteiger partial charge < -0.3 is 9.64 Å². The molecule has 28 heavy (non-hydrogen) atoms. The second-order valence-electron chi connectivity index (χ2n) is 7.28. The normalized spacial score (nSPS) is 20.0.